The summed E-state index contributed by atoms with van der Waals surface area (Å²) in [6, 6.07) is 8.54. The number of piperidine rings is 1. The quantitative estimate of drug-likeness (QED) is 0.490. The van der Waals surface area contributed by atoms with Crippen LogP contribution in [-0.2, 0) is 17.1 Å². The second-order valence-electron chi connectivity index (χ2n) is 7.10. The molecule has 0 radical (unpaired) electrons. The molecule has 29 heavy (non-hydrogen) atoms. The number of fused-ring (bicyclic) bond motifs is 1. The highest BCUT2D eigenvalue weighted by Gasteiger charge is 2.24. The van der Waals surface area contributed by atoms with Gasteiger partial charge in [-0.15, -0.1) is 21.5 Å². The van der Waals surface area contributed by atoms with E-state index in [2.05, 4.69) is 39.7 Å². The number of hydrogen-bond acceptors (Lipinski definition) is 7. The van der Waals surface area contributed by atoms with E-state index in [1.165, 1.54) is 22.9 Å². The van der Waals surface area contributed by atoms with E-state index in [1.807, 2.05) is 23.1 Å². The normalized spacial score (nSPS) is 17.2. The van der Waals surface area contributed by atoms with Crippen molar-refractivity contribution < 1.29 is 4.79 Å². The monoisotopic (exact) mass is 447 g/mol. The van der Waals surface area contributed by atoms with Crippen LogP contribution in [-0.4, -0.2) is 48.9 Å². The van der Waals surface area contributed by atoms with E-state index in [1.54, 1.807) is 23.1 Å². The first-order chi connectivity index (χ1) is 14.2. The van der Waals surface area contributed by atoms with Gasteiger partial charge in [0.15, 0.2) is 9.50 Å². The maximum absolute atomic E-state index is 12.6. The lowest BCUT2D eigenvalue weighted by atomic mass is 10.0. The lowest BCUT2D eigenvalue weighted by Gasteiger charge is -2.33. The molecule has 1 amide bonds. The number of para-hydroxylation sites is 1. The fourth-order valence-corrected chi connectivity index (χ4v) is 6.48. The molecule has 0 saturated carbocycles. The highest BCUT2D eigenvalue weighted by atomic mass is 32.2. The molecule has 1 unspecified atom stereocenters. The second-order valence-corrected chi connectivity index (χ2v) is 10.3. The molecule has 4 rings (SSSR count). The zero-order valence-electron chi connectivity index (χ0n) is 16.7. The smallest absolute Gasteiger partial charge is 0.233 e. The third-order valence-corrected chi connectivity index (χ3v) is 8.28. The van der Waals surface area contributed by atoms with E-state index in [-0.39, 0.29) is 5.91 Å². The van der Waals surface area contributed by atoms with Crippen LogP contribution in [0, 0.1) is 0 Å². The van der Waals surface area contributed by atoms with Crippen LogP contribution in [0.15, 0.2) is 33.8 Å². The van der Waals surface area contributed by atoms with E-state index >= 15 is 0 Å². The Kier molecular flexibility index (Phi) is 6.77. The molecule has 6 nitrogen and oxygen atoms in total. The van der Waals surface area contributed by atoms with Crippen LogP contribution in [0.5, 0.6) is 0 Å². The summed E-state index contributed by atoms with van der Waals surface area (Å²) in [5, 5.41) is 9.56. The van der Waals surface area contributed by atoms with Crippen LogP contribution in [0.2, 0.25) is 0 Å². The maximum Gasteiger partial charge on any atom is 0.233 e. The molecule has 1 saturated heterocycles. The van der Waals surface area contributed by atoms with Crippen molar-refractivity contribution in [3.8, 4) is 0 Å². The lowest BCUT2D eigenvalue weighted by Crippen LogP contribution is -2.43. The molecule has 0 aliphatic carbocycles. The van der Waals surface area contributed by atoms with Crippen LogP contribution in [0.4, 0.5) is 0 Å². The van der Waals surface area contributed by atoms with Crippen LogP contribution < -0.4 is 0 Å². The number of rotatable bonds is 7. The van der Waals surface area contributed by atoms with Crippen molar-refractivity contribution in [2.24, 2.45) is 0 Å². The number of benzene rings is 1. The van der Waals surface area contributed by atoms with Crippen molar-refractivity contribution in [3.63, 3.8) is 0 Å². The topological polar surface area (TPSA) is 63.9 Å². The van der Waals surface area contributed by atoms with Gasteiger partial charge in [0.05, 0.1) is 21.7 Å². The summed E-state index contributed by atoms with van der Waals surface area (Å²) < 4.78 is 4.35. The van der Waals surface area contributed by atoms with Crippen LogP contribution in [0.25, 0.3) is 10.2 Å². The van der Waals surface area contributed by atoms with Gasteiger partial charge in [-0.05, 0) is 45.2 Å². The van der Waals surface area contributed by atoms with Gasteiger partial charge in [0, 0.05) is 19.1 Å². The van der Waals surface area contributed by atoms with Crippen molar-refractivity contribution in [2.45, 2.75) is 60.9 Å². The van der Waals surface area contributed by atoms with Gasteiger partial charge in [-0.3, -0.25) is 4.79 Å². The number of thiazole rings is 1. The average Bonchev–Trinajstić information content (AvgIpc) is 3.33. The largest absolute Gasteiger partial charge is 0.339 e. The minimum absolute atomic E-state index is 0.207. The second kappa shape index (κ2) is 9.49. The Bertz CT molecular complexity index is 953. The predicted octanol–water partition coefficient (Wildman–Crippen LogP) is 4.69. The first-order valence-corrected chi connectivity index (χ1v) is 12.8. The Labute approximate surface area is 183 Å². The summed E-state index contributed by atoms with van der Waals surface area (Å²) in [5.41, 5.74) is 1.04. The fraction of sp³-hybridized carbons (Fsp3) is 0.500. The van der Waals surface area contributed by atoms with Crippen molar-refractivity contribution in [3.05, 3.63) is 30.1 Å². The summed E-state index contributed by atoms with van der Waals surface area (Å²) in [6.45, 7) is 5.91. The Hall–Kier alpha value is -1.58. The van der Waals surface area contributed by atoms with E-state index in [0.29, 0.717) is 11.8 Å². The third kappa shape index (κ3) is 4.78. The van der Waals surface area contributed by atoms with E-state index in [9.17, 15) is 4.79 Å². The van der Waals surface area contributed by atoms with Gasteiger partial charge in [-0.25, -0.2) is 4.98 Å². The molecule has 1 atom stereocenters. The van der Waals surface area contributed by atoms with E-state index in [4.69, 9.17) is 0 Å². The van der Waals surface area contributed by atoms with Gasteiger partial charge in [0.25, 0.3) is 0 Å². The Morgan fingerprint density at radius 2 is 2.10 bits per heavy atom. The Balaban J connectivity index is 1.37. The molecule has 1 aliphatic heterocycles. The summed E-state index contributed by atoms with van der Waals surface area (Å²) in [6.07, 6.45) is 3.44. The number of aromatic nitrogens is 4. The maximum atomic E-state index is 12.6. The zero-order valence-corrected chi connectivity index (χ0v) is 19.2. The molecule has 3 aromatic rings. The predicted molar refractivity (Wildman–Crippen MR) is 121 cm³/mol. The van der Waals surface area contributed by atoms with Crippen molar-refractivity contribution in [1.82, 2.24) is 24.6 Å². The standard InChI is InChI=1S/C20H25N5OS3/c1-3-24-17(12-28-20-21-15-9-4-5-10-16(15)29-20)22-23-19(24)27-13-18(26)25-11-7-6-8-14(25)2/h4-5,9-10,14H,3,6-8,11-13H2,1-2H3. The summed E-state index contributed by atoms with van der Waals surface area (Å²) in [5.74, 6) is 2.28. The molecule has 2 aromatic heterocycles. The molecule has 1 fully saturated rings. The SMILES string of the molecule is CCn1c(CSc2nc3ccccc3s2)nnc1SCC(=O)N1CCCCC1C. The highest BCUT2D eigenvalue weighted by molar-refractivity contribution is 8.00. The fourth-order valence-electron chi connectivity index (χ4n) is 3.57. The molecule has 3 heterocycles. The van der Waals surface area contributed by atoms with Gasteiger partial charge < -0.3 is 9.47 Å². The van der Waals surface area contributed by atoms with Gasteiger partial charge in [0.1, 0.15) is 5.82 Å². The summed E-state index contributed by atoms with van der Waals surface area (Å²) in [4.78, 5) is 19.3. The molecule has 0 bridgehead atoms. The zero-order chi connectivity index (χ0) is 20.2. The van der Waals surface area contributed by atoms with Gasteiger partial charge in [0.2, 0.25) is 5.91 Å². The number of nitrogens with zero attached hydrogens (tertiary/aromatic N) is 5. The lowest BCUT2D eigenvalue weighted by molar-refractivity contribution is -0.131. The van der Waals surface area contributed by atoms with Crippen molar-refractivity contribution in [2.75, 3.05) is 12.3 Å². The third-order valence-electron chi connectivity index (χ3n) is 5.16. The van der Waals surface area contributed by atoms with Crippen molar-refractivity contribution in [1.29, 1.82) is 0 Å². The van der Waals surface area contributed by atoms with E-state index < -0.39 is 0 Å². The number of carbonyl (C=O) groups excluding carboxylic acids is 1. The number of likely N-dealkylation sites (tertiary alicyclic amines) is 1. The van der Waals surface area contributed by atoms with Crippen LogP contribution in [0.3, 0.4) is 0 Å². The molecular formula is C20H25N5OS3. The van der Waals surface area contributed by atoms with Crippen LogP contribution >= 0.6 is 34.9 Å². The molecule has 0 N–H and O–H groups in total. The molecule has 0 spiro atoms. The molecular weight excluding hydrogens is 422 g/mol. The molecule has 1 aromatic carbocycles. The highest BCUT2D eigenvalue weighted by Crippen LogP contribution is 2.31. The number of carbonyl (C=O) groups is 1. The average molecular weight is 448 g/mol. The van der Waals surface area contributed by atoms with Crippen molar-refractivity contribution >= 4 is 51.0 Å². The summed E-state index contributed by atoms with van der Waals surface area (Å²) in [7, 11) is 0. The first kappa shape index (κ1) is 20.7. The minimum atomic E-state index is 0.207. The minimum Gasteiger partial charge on any atom is -0.339 e. The Morgan fingerprint density at radius 3 is 2.90 bits per heavy atom. The molecule has 1 aliphatic rings. The number of thioether (sulfide) groups is 2. The van der Waals surface area contributed by atoms with Gasteiger partial charge >= 0.3 is 0 Å². The van der Waals surface area contributed by atoms with Gasteiger partial charge in [-0.1, -0.05) is 35.7 Å². The molecule has 154 valence electrons. The van der Waals surface area contributed by atoms with Crippen LogP contribution in [0.1, 0.15) is 38.9 Å². The first-order valence-electron chi connectivity index (χ1n) is 9.98. The molecule has 9 heteroatoms. The number of amides is 1. The number of hydrogen-bond donors (Lipinski definition) is 0. The van der Waals surface area contributed by atoms with E-state index in [0.717, 1.165) is 52.5 Å². The summed E-state index contributed by atoms with van der Waals surface area (Å²) >= 11 is 4.89. The Morgan fingerprint density at radius 1 is 1.24 bits per heavy atom. The van der Waals surface area contributed by atoms with Gasteiger partial charge in [-0.2, -0.15) is 0 Å².